The van der Waals surface area contributed by atoms with Crippen LogP contribution in [-0.4, -0.2) is 53.3 Å². The largest absolute Gasteiger partial charge is 0.469 e. The molecule has 0 aromatic rings. The van der Waals surface area contributed by atoms with Crippen molar-refractivity contribution in [2.45, 2.75) is 155 Å². The standard InChI is InChI=1S/C35H61O9P/c1-4-5-18-24-32-33(44-32)25-20-15-10-8-6-7-9-11-16-21-26-34(36)41-28-31(29-42-45(38,39)40)43-35(37)27-22-17-13-12-14-19-23-30(2)3/h6,8-9,11,15,20,30-33H,4-5,7,10,12-14,16-19,21-29H2,1-3H3,(H2,38,39,40)/b8-6-,11-9-,20-15-/t31-,32?,33?/m1/s1. The minimum absolute atomic E-state index is 0.187. The maximum Gasteiger partial charge on any atom is 0.469 e. The highest BCUT2D eigenvalue weighted by Gasteiger charge is 2.36. The summed E-state index contributed by atoms with van der Waals surface area (Å²) in [5, 5.41) is 0. The molecule has 2 unspecified atom stereocenters. The smallest absolute Gasteiger partial charge is 0.462 e. The predicted molar refractivity (Wildman–Crippen MR) is 179 cm³/mol. The van der Waals surface area contributed by atoms with E-state index in [-0.39, 0.29) is 19.4 Å². The molecule has 0 radical (unpaired) electrons. The van der Waals surface area contributed by atoms with E-state index in [0.717, 1.165) is 50.9 Å². The molecule has 3 atom stereocenters. The minimum atomic E-state index is -4.76. The lowest BCUT2D eigenvalue weighted by atomic mass is 10.0. The monoisotopic (exact) mass is 656 g/mol. The van der Waals surface area contributed by atoms with Gasteiger partial charge in [-0.15, -0.1) is 0 Å². The summed E-state index contributed by atoms with van der Waals surface area (Å²) in [6.07, 6.45) is 29.4. The van der Waals surface area contributed by atoms with Gasteiger partial charge in [0.05, 0.1) is 18.8 Å². The third-order valence-electron chi connectivity index (χ3n) is 7.51. The average molecular weight is 657 g/mol. The van der Waals surface area contributed by atoms with Crippen LogP contribution in [0.5, 0.6) is 0 Å². The molecule has 9 nitrogen and oxygen atoms in total. The summed E-state index contributed by atoms with van der Waals surface area (Å²) < 4.78 is 31.8. The molecule has 10 heteroatoms. The Balaban J connectivity index is 2.15. The van der Waals surface area contributed by atoms with Gasteiger partial charge in [-0.3, -0.25) is 14.1 Å². The lowest BCUT2D eigenvalue weighted by Gasteiger charge is -2.18. The van der Waals surface area contributed by atoms with Crippen molar-refractivity contribution >= 4 is 19.8 Å². The first-order valence-electron chi connectivity index (χ1n) is 17.3. The van der Waals surface area contributed by atoms with Crippen molar-refractivity contribution in [3.8, 4) is 0 Å². The molecule has 1 aliphatic heterocycles. The van der Waals surface area contributed by atoms with Crippen LogP contribution in [0.4, 0.5) is 0 Å². The van der Waals surface area contributed by atoms with Crippen LogP contribution in [0.15, 0.2) is 36.5 Å². The van der Waals surface area contributed by atoms with Gasteiger partial charge in [-0.05, 0) is 50.9 Å². The number of allylic oxidation sites excluding steroid dienone is 5. The molecule has 1 heterocycles. The second kappa shape index (κ2) is 26.3. The second-order valence-electron chi connectivity index (χ2n) is 12.4. The third-order valence-corrected chi connectivity index (χ3v) is 8.00. The van der Waals surface area contributed by atoms with Gasteiger partial charge >= 0.3 is 19.8 Å². The highest BCUT2D eigenvalue weighted by atomic mass is 31.2. The van der Waals surface area contributed by atoms with E-state index in [4.69, 9.17) is 24.0 Å². The molecule has 1 saturated heterocycles. The van der Waals surface area contributed by atoms with Crippen molar-refractivity contribution in [3.05, 3.63) is 36.5 Å². The van der Waals surface area contributed by atoms with Gasteiger partial charge in [0.2, 0.25) is 0 Å². The molecule has 0 aromatic carbocycles. The highest BCUT2D eigenvalue weighted by molar-refractivity contribution is 7.46. The number of hydrogen-bond donors (Lipinski definition) is 2. The van der Waals surface area contributed by atoms with E-state index in [0.29, 0.717) is 25.0 Å². The summed E-state index contributed by atoms with van der Waals surface area (Å²) in [5.74, 6) is -0.241. The molecule has 0 aromatic heterocycles. The zero-order valence-electron chi connectivity index (χ0n) is 28.1. The topological polar surface area (TPSA) is 132 Å². The molecule has 260 valence electrons. The molecule has 0 amide bonds. The van der Waals surface area contributed by atoms with Gasteiger partial charge in [0.25, 0.3) is 0 Å². The van der Waals surface area contributed by atoms with E-state index in [1.165, 1.54) is 44.9 Å². The molecular weight excluding hydrogens is 595 g/mol. The van der Waals surface area contributed by atoms with Gasteiger partial charge in [0.1, 0.15) is 6.61 Å². The summed E-state index contributed by atoms with van der Waals surface area (Å²) in [5.41, 5.74) is 0. The molecule has 2 N–H and O–H groups in total. The van der Waals surface area contributed by atoms with Crippen molar-refractivity contribution in [1.82, 2.24) is 0 Å². The van der Waals surface area contributed by atoms with Crippen LogP contribution in [0.2, 0.25) is 0 Å². The van der Waals surface area contributed by atoms with Crippen LogP contribution in [-0.2, 0) is 32.9 Å². The first-order valence-corrected chi connectivity index (χ1v) is 18.8. The van der Waals surface area contributed by atoms with Gasteiger partial charge in [0, 0.05) is 12.8 Å². The van der Waals surface area contributed by atoms with Crippen LogP contribution >= 0.6 is 7.82 Å². The Bertz CT molecular complexity index is 909. The fraction of sp³-hybridized carbons (Fsp3) is 0.771. The van der Waals surface area contributed by atoms with Gasteiger partial charge in [0.15, 0.2) is 6.10 Å². The maximum absolute atomic E-state index is 12.3. The zero-order valence-corrected chi connectivity index (χ0v) is 29.0. The van der Waals surface area contributed by atoms with E-state index in [1.54, 1.807) is 0 Å². The van der Waals surface area contributed by atoms with Crippen molar-refractivity contribution in [1.29, 1.82) is 0 Å². The first kappa shape index (κ1) is 41.3. The van der Waals surface area contributed by atoms with E-state index in [9.17, 15) is 14.2 Å². The highest BCUT2D eigenvalue weighted by Crippen LogP contribution is 2.36. The van der Waals surface area contributed by atoms with E-state index >= 15 is 0 Å². The number of phosphoric acid groups is 1. The molecule has 0 saturated carbocycles. The van der Waals surface area contributed by atoms with Crippen LogP contribution in [0.3, 0.4) is 0 Å². The van der Waals surface area contributed by atoms with Gasteiger partial charge < -0.3 is 24.0 Å². The predicted octanol–water partition coefficient (Wildman–Crippen LogP) is 8.68. The number of ether oxygens (including phenoxy) is 3. The second-order valence-corrected chi connectivity index (χ2v) is 13.6. The summed E-state index contributed by atoms with van der Waals surface area (Å²) in [6.45, 7) is 5.79. The summed E-state index contributed by atoms with van der Waals surface area (Å²) in [4.78, 5) is 42.5. The minimum Gasteiger partial charge on any atom is -0.462 e. The van der Waals surface area contributed by atoms with Crippen LogP contribution in [0.1, 0.15) is 136 Å². The normalized spacial score (nSPS) is 17.6. The summed E-state index contributed by atoms with van der Waals surface area (Å²) in [6, 6.07) is 0. The fourth-order valence-corrected chi connectivity index (χ4v) is 5.18. The molecular formula is C35H61O9P. The quantitative estimate of drug-likeness (QED) is 0.0267. The summed E-state index contributed by atoms with van der Waals surface area (Å²) in [7, 11) is -4.76. The lowest BCUT2D eigenvalue weighted by molar-refractivity contribution is -0.161. The average Bonchev–Trinajstić information content (AvgIpc) is 3.73. The number of epoxide rings is 1. The number of carbonyl (C=O) groups is 2. The summed E-state index contributed by atoms with van der Waals surface area (Å²) >= 11 is 0. The molecule has 45 heavy (non-hydrogen) atoms. The Morgan fingerprint density at radius 1 is 0.778 bits per heavy atom. The third kappa shape index (κ3) is 27.1. The van der Waals surface area contributed by atoms with Crippen molar-refractivity contribution in [2.75, 3.05) is 13.2 Å². The number of rotatable bonds is 29. The molecule has 1 aliphatic rings. The number of hydrogen-bond acceptors (Lipinski definition) is 7. The van der Waals surface area contributed by atoms with E-state index < -0.39 is 32.5 Å². The van der Waals surface area contributed by atoms with Gasteiger partial charge in [-0.1, -0.05) is 115 Å². The van der Waals surface area contributed by atoms with Crippen LogP contribution < -0.4 is 0 Å². The van der Waals surface area contributed by atoms with Crippen molar-refractivity contribution < 1.29 is 42.7 Å². The number of unbranched alkanes of at least 4 members (excludes halogenated alkanes) is 8. The van der Waals surface area contributed by atoms with Gasteiger partial charge in [-0.25, -0.2) is 4.57 Å². The molecule has 0 spiro atoms. The van der Waals surface area contributed by atoms with Crippen molar-refractivity contribution in [2.24, 2.45) is 5.92 Å². The number of esters is 2. The SMILES string of the molecule is CCCCCC1OC1C/C=C\C/C=C\C/C=C\CCCC(=O)OC[C@H](COP(=O)(O)O)OC(=O)CCCCCCCCC(C)C. The number of phosphoric ester groups is 1. The Kier molecular flexibility index (Phi) is 24.1. The molecule has 1 rings (SSSR count). The van der Waals surface area contributed by atoms with E-state index in [2.05, 4.69) is 55.7 Å². The zero-order chi connectivity index (χ0) is 33.2. The fourth-order valence-electron chi connectivity index (χ4n) is 4.82. The Morgan fingerprint density at radius 3 is 2.11 bits per heavy atom. The van der Waals surface area contributed by atoms with Crippen LogP contribution in [0, 0.1) is 5.92 Å². The molecule has 0 bridgehead atoms. The first-order chi connectivity index (χ1) is 21.6. The maximum atomic E-state index is 12.3. The van der Waals surface area contributed by atoms with Crippen molar-refractivity contribution in [3.63, 3.8) is 0 Å². The Hall–Kier alpha value is -1.77. The Morgan fingerprint density at radius 2 is 1.42 bits per heavy atom. The van der Waals surface area contributed by atoms with E-state index in [1.807, 2.05) is 6.08 Å². The van der Waals surface area contributed by atoms with Crippen LogP contribution in [0.25, 0.3) is 0 Å². The molecule has 1 fully saturated rings. The number of carbonyl (C=O) groups excluding carboxylic acids is 2. The lowest BCUT2D eigenvalue weighted by Crippen LogP contribution is -2.29. The Labute approximate surface area is 272 Å². The molecule has 0 aliphatic carbocycles. The van der Waals surface area contributed by atoms with Gasteiger partial charge in [-0.2, -0.15) is 0 Å².